The number of nitrogens with zero attached hydrogens (tertiary/aromatic N) is 3. The predicted octanol–water partition coefficient (Wildman–Crippen LogP) is 8.94. The van der Waals surface area contributed by atoms with Gasteiger partial charge in [-0.15, -0.1) is 0 Å². The van der Waals surface area contributed by atoms with Gasteiger partial charge in [0.1, 0.15) is 0 Å². The molecule has 3 heterocycles. The van der Waals surface area contributed by atoms with Crippen molar-refractivity contribution in [3.8, 4) is 22.5 Å². The molecule has 8 aromatic rings. The van der Waals surface area contributed by atoms with Crippen LogP contribution in [0.5, 0.6) is 0 Å². The van der Waals surface area contributed by atoms with Gasteiger partial charge in [0.15, 0.2) is 0 Å². The predicted molar refractivity (Wildman–Crippen MR) is 158 cm³/mol. The molecule has 0 atom stereocenters. The number of hydrogen-bond acceptors (Lipinski definition) is 1. The summed E-state index contributed by atoms with van der Waals surface area (Å²) in [4.78, 5) is 4.44. The summed E-state index contributed by atoms with van der Waals surface area (Å²) in [5.41, 5.74) is 9.52. The zero-order valence-corrected chi connectivity index (χ0v) is 20.6. The Hall–Kier alpha value is -5.15. The molecular weight excluding hydrogens is 462 g/mol. The maximum absolute atomic E-state index is 4.44. The number of benzene rings is 5. The molecule has 38 heavy (non-hydrogen) atoms. The van der Waals surface area contributed by atoms with Crippen molar-refractivity contribution in [2.75, 3.05) is 0 Å². The molecule has 0 saturated heterocycles. The Morgan fingerprint density at radius 3 is 1.89 bits per heavy atom. The Kier molecular flexibility index (Phi) is 4.52. The number of pyridine rings is 1. The Morgan fingerprint density at radius 2 is 1.11 bits per heavy atom. The molecule has 0 radical (unpaired) electrons. The summed E-state index contributed by atoms with van der Waals surface area (Å²) in [5.74, 6) is 0. The Bertz CT molecular complexity index is 2120. The zero-order valence-electron chi connectivity index (χ0n) is 20.6. The lowest BCUT2D eigenvalue weighted by atomic mass is 9.98. The maximum Gasteiger partial charge on any atom is 0.0571 e. The maximum atomic E-state index is 4.44. The molecule has 0 bridgehead atoms. The summed E-state index contributed by atoms with van der Waals surface area (Å²) in [6.45, 7) is 0. The first-order valence-electron chi connectivity index (χ1n) is 12.9. The van der Waals surface area contributed by atoms with Gasteiger partial charge in [-0.3, -0.25) is 4.98 Å². The van der Waals surface area contributed by atoms with Crippen molar-refractivity contribution in [1.82, 2.24) is 14.1 Å². The van der Waals surface area contributed by atoms with E-state index in [1.807, 2.05) is 12.4 Å². The molecule has 3 aromatic heterocycles. The minimum atomic E-state index is 1.15. The Morgan fingerprint density at radius 1 is 0.447 bits per heavy atom. The van der Waals surface area contributed by atoms with Gasteiger partial charge in [-0.25, -0.2) is 0 Å². The average Bonchev–Trinajstić information content (AvgIpc) is 3.51. The van der Waals surface area contributed by atoms with Crippen molar-refractivity contribution in [1.29, 1.82) is 0 Å². The van der Waals surface area contributed by atoms with E-state index in [1.165, 1.54) is 49.5 Å². The van der Waals surface area contributed by atoms with Crippen molar-refractivity contribution in [3.63, 3.8) is 0 Å². The highest BCUT2D eigenvalue weighted by atomic mass is 15.0. The molecule has 3 nitrogen and oxygen atoms in total. The molecule has 0 aliphatic carbocycles. The SMILES string of the molecule is c1ccc(-n2c3ccncc3c3ccc(-c4cccc5c4c4ccccc4n5-c4ccccc4)cc32)cc1. The monoisotopic (exact) mass is 485 g/mol. The van der Waals surface area contributed by atoms with Crippen LogP contribution in [-0.2, 0) is 0 Å². The number of aromatic nitrogens is 3. The summed E-state index contributed by atoms with van der Waals surface area (Å²) in [7, 11) is 0. The van der Waals surface area contributed by atoms with E-state index in [2.05, 4.69) is 142 Å². The van der Waals surface area contributed by atoms with Gasteiger partial charge in [0.25, 0.3) is 0 Å². The highest BCUT2D eigenvalue weighted by Crippen LogP contribution is 2.40. The Labute approximate surface area is 219 Å². The van der Waals surface area contributed by atoms with Crippen molar-refractivity contribution < 1.29 is 0 Å². The summed E-state index contributed by atoms with van der Waals surface area (Å²) in [5, 5.41) is 4.90. The van der Waals surface area contributed by atoms with Gasteiger partial charge >= 0.3 is 0 Å². The molecule has 178 valence electrons. The molecule has 0 unspecified atom stereocenters. The van der Waals surface area contributed by atoms with Gasteiger partial charge in [-0.2, -0.15) is 0 Å². The lowest BCUT2D eigenvalue weighted by molar-refractivity contribution is 1.17. The smallest absolute Gasteiger partial charge is 0.0571 e. The molecule has 0 aliphatic rings. The molecule has 0 N–H and O–H groups in total. The number of hydrogen-bond donors (Lipinski definition) is 0. The second-order valence-electron chi connectivity index (χ2n) is 9.68. The molecule has 0 spiro atoms. The number of fused-ring (bicyclic) bond motifs is 6. The van der Waals surface area contributed by atoms with E-state index >= 15 is 0 Å². The van der Waals surface area contributed by atoms with Crippen molar-refractivity contribution in [2.45, 2.75) is 0 Å². The van der Waals surface area contributed by atoms with Crippen LogP contribution in [0.1, 0.15) is 0 Å². The van der Waals surface area contributed by atoms with Crippen LogP contribution in [0, 0.1) is 0 Å². The van der Waals surface area contributed by atoms with Gasteiger partial charge < -0.3 is 9.13 Å². The normalized spacial score (nSPS) is 11.7. The lowest BCUT2D eigenvalue weighted by Gasteiger charge is -2.10. The fourth-order valence-electron chi connectivity index (χ4n) is 6.00. The summed E-state index contributed by atoms with van der Waals surface area (Å²) in [6.07, 6.45) is 3.85. The third-order valence-corrected chi connectivity index (χ3v) is 7.61. The lowest BCUT2D eigenvalue weighted by Crippen LogP contribution is -1.94. The average molecular weight is 486 g/mol. The van der Waals surface area contributed by atoms with Crippen LogP contribution in [0.15, 0.2) is 140 Å². The van der Waals surface area contributed by atoms with Gasteiger partial charge in [0.05, 0.1) is 22.1 Å². The minimum Gasteiger partial charge on any atom is -0.309 e. The second-order valence-corrected chi connectivity index (χ2v) is 9.68. The minimum absolute atomic E-state index is 1.15. The first-order chi connectivity index (χ1) is 18.9. The van der Waals surface area contributed by atoms with Crippen LogP contribution in [0.2, 0.25) is 0 Å². The quantitative estimate of drug-likeness (QED) is 0.245. The first-order valence-corrected chi connectivity index (χ1v) is 12.9. The van der Waals surface area contributed by atoms with Gasteiger partial charge in [0.2, 0.25) is 0 Å². The van der Waals surface area contributed by atoms with E-state index in [1.54, 1.807) is 0 Å². The van der Waals surface area contributed by atoms with Gasteiger partial charge in [-0.1, -0.05) is 78.9 Å². The highest BCUT2D eigenvalue weighted by Gasteiger charge is 2.18. The largest absolute Gasteiger partial charge is 0.309 e. The van der Waals surface area contributed by atoms with Crippen LogP contribution in [0.3, 0.4) is 0 Å². The van der Waals surface area contributed by atoms with Crippen molar-refractivity contribution >= 4 is 43.6 Å². The standard InChI is InChI=1S/C35H23N3/c1-3-10-25(11-4-1)37-31-16-8-7-14-29(31)35-27(15-9-17-33(35)37)24-18-19-28-30-23-36-21-20-32(30)38(34(28)22-24)26-12-5-2-6-13-26/h1-23H. The topological polar surface area (TPSA) is 22.8 Å². The van der Waals surface area contributed by atoms with Gasteiger partial charge in [0, 0.05) is 45.3 Å². The Balaban J connectivity index is 1.46. The van der Waals surface area contributed by atoms with Crippen LogP contribution in [-0.4, -0.2) is 14.1 Å². The van der Waals surface area contributed by atoms with E-state index in [9.17, 15) is 0 Å². The molecule has 0 aliphatic heterocycles. The van der Waals surface area contributed by atoms with E-state index in [0.717, 1.165) is 16.6 Å². The summed E-state index contributed by atoms with van der Waals surface area (Å²) in [6, 6.07) is 45.6. The fourth-order valence-corrected chi connectivity index (χ4v) is 6.00. The third-order valence-electron chi connectivity index (χ3n) is 7.61. The molecular formula is C35H23N3. The zero-order chi connectivity index (χ0) is 25.1. The van der Waals surface area contributed by atoms with E-state index < -0.39 is 0 Å². The molecule has 5 aromatic carbocycles. The summed E-state index contributed by atoms with van der Waals surface area (Å²) < 4.78 is 4.72. The molecule has 0 saturated carbocycles. The fraction of sp³-hybridized carbons (Fsp3) is 0. The van der Waals surface area contributed by atoms with Gasteiger partial charge in [-0.05, 0) is 59.7 Å². The number of para-hydroxylation sites is 3. The van der Waals surface area contributed by atoms with Crippen LogP contribution < -0.4 is 0 Å². The molecule has 3 heteroatoms. The van der Waals surface area contributed by atoms with E-state index in [0.29, 0.717) is 0 Å². The first kappa shape index (κ1) is 21.0. The van der Waals surface area contributed by atoms with Crippen LogP contribution >= 0.6 is 0 Å². The molecule has 0 fully saturated rings. The second kappa shape index (κ2) is 8.19. The molecule has 0 amide bonds. The van der Waals surface area contributed by atoms with Crippen molar-refractivity contribution in [3.05, 3.63) is 140 Å². The van der Waals surface area contributed by atoms with E-state index in [-0.39, 0.29) is 0 Å². The third kappa shape index (κ3) is 2.99. The molecule has 8 rings (SSSR count). The van der Waals surface area contributed by atoms with Crippen molar-refractivity contribution in [2.24, 2.45) is 0 Å². The van der Waals surface area contributed by atoms with Crippen LogP contribution in [0.25, 0.3) is 66.1 Å². The van der Waals surface area contributed by atoms with Crippen LogP contribution in [0.4, 0.5) is 0 Å². The number of rotatable bonds is 3. The van der Waals surface area contributed by atoms with E-state index in [4.69, 9.17) is 0 Å². The summed E-state index contributed by atoms with van der Waals surface area (Å²) >= 11 is 0. The highest BCUT2D eigenvalue weighted by molar-refractivity contribution is 6.17.